The normalized spacial score (nSPS) is 18.4. The van der Waals surface area contributed by atoms with E-state index in [9.17, 15) is 9.18 Å². The fourth-order valence-corrected chi connectivity index (χ4v) is 2.77. The average Bonchev–Trinajstić information content (AvgIpc) is 2.78. The third-order valence-corrected chi connectivity index (χ3v) is 3.93. The number of amides is 1. The third-order valence-electron chi connectivity index (χ3n) is 3.64. The zero-order valence-corrected chi connectivity index (χ0v) is 12.6. The van der Waals surface area contributed by atoms with Crippen molar-refractivity contribution in [3.8, 4) is 0 Å². The van der Waals surface area contributed by atoms with Crippen LogP contribution in [0.4, 0.5) is 4.39 Å². The van der Waals surface area contributed by atoms with Gasteiger partial charge in [0.25, 0.3) is 0 Å². The summed E-state index contributed by atoms with van der Waals surface area (Å²) in [6, 6.07) is 4.98. The Morgan fingerprint density at radius 3 is 2.80 bits per heavy atom. The zero-order chi connectivity index (χ0) is 14.7. The molecule has 1 N–H and O–H groups in total. The first-order chi connectivity index (χ1) is 9.47. The van der Waals surface area contributed by atoms with Gasteiger partial charge in [-0.05, 0) is 38.0 Å². The predicted octanol–water partition coefficient (Wildman–Crippen LogP) is 3.14. The van der Waals surface area contributed by atoms with E-state index >= 15 is 0 Å². The maximum absolute atomic E-state index is 13.1. The first-order valence-corrected chi connectivity index (χ1v) is 7.34. The highest BCUT2D eigenvalue weighted by atomic mass is 35.5. The number of hydrogen-bond donors (Lipinski definition) is 1. The summed E-state index contributed by atoms with van der Waals surface area (Å²) in [6.45, 7) is 5.61. The average molecular weight is 299 g/mol. The number of nitrogens with zero attached hydrogens (tertiary/aromatic N) is 1. The molecule has 0 aliphatic carbocycles. The van der Waals surface area contributed by atoms with E-state index in [1.165, 1.54) is 6.07 Å². The number of benzene rings is 1. The van der Waals surface area contributed by atoms with Crippen LogP contribution in [0.1, 0.15) is 38.3 Å². The molecule has 0 bridgehead atoms. The van der Waals surface area contributed by atoms with Gasteiger partial charge in [0.05, 0.1) is 5.02 Å². The van der Waals surface area contributed by atoms with Crippen molar-refractivity contribution in [2.45, 2.75) is 38.8 Å². The standard InChI is InChI=1S/C15H20ClFN2O/c1-10(9-19-7-3-4-15(19)20)18-11(2)12-5-6-14(17)13(16)8-12/h5-6,8,10-11,18H,3-4,7,9H2,1-2H3. The Morgan fingerprint density at radius 2 is 2.20 bits per heavy atom. The summed E-state index contributed by atoms with van der Waals surface area (Å²) >= 11 is 5.80. The lowest BCUT2D eigenvalue weighted by atomic mass is 10.1. The number of carbonyl (C=O) groups excluding carboxylic acids is 1. The molecule has 1 saturated heterocycles. The second-order valence-corrected chi connectivity index (χ2v) is 5.81. The molecule has 1 amide bonds. The van der Waals surface area contributed by atoms with Gasteiger partial charge in [-0.1, -0.05) is 17.7 Å². The topological polar surface area (TPSA) is 32.3 Å². The molecule has 110 valence electrons. The van der Waals surface area contributed by atoms with E-state index in [4.69, 9.17) is 11.6 Å². The van der Waals surface area contributed by atoms with Crippen molar-refractivity contribution >= 4 is 17.5 Å². The highest BCUT2D eigenvalue weighted by Gasteiger charge is 2.22. The van der Waals surface area contributed by atoms with Gasteiger partial charge < -0.3 is 10.2 Å². The summed E-state index contributed by atoms with van der Waals surface area (Å²) in [5, 5.41) is 3.55. The maximum Gasteiger partial charge on any atom is 0.222 e. The number of carbonyl (C=O) groups is 1. The fraction of sp³-hybridized carbons (Fsp3) is 0.533. The molecule has 0 radical (unpaired) electrons. The molecule has 1 aliphatic heterocycles. The van der Waals surface area contributed by atoms with Crippen LogP contribution in [-0.4, -0.2) is 29.9 Å². The molecule has 1 aliphatic rings. The van der Waals surface area contributed by atoms with Gasteiger partial charge in [0.1, 0.15) is 5.82 Å². The first-order valence-electron chi connectivity index (χ1n) is 6.96. The molecule has 20 heavy (non-hydrogen) atoms. The summed E-state index contributed by atoms with van der Waals surface area (Å²) in [7, 11) is 0. The molecule has 1 aromatic rings. The Morgan fingerprint density at radius 1 is 1.45 bits per heavy atom. The quantitative estimate of drug-likeness (QED) is 0.906. The number of rotatable bonds is 5. The van der Waals surface area contributed by atoms with Crippen LogP contribution in [0, 0.1) is 5.82 Å². The van der Waals surface area contributed by atoms with E-state index in [1.807, 2.05) is 18.7 Å². The summed E-state index contributed by atoms with van der Waals surface area (Å²) in [4.78, 5) is 13.5. The minimum absolute atomic E-state index is 0.0563. The molecule has 0 saturated carbocycles. The van der Waals surface area contributed by atoms with Crippen molar-refractivity contribution in [3.63, 3.8) is 0 Å². The van der Waals surface area contributed by atoms with E-state index < -0.39 is 5.82 Å². The van der Waals surface area contributed by atoms with Gasteiger partial charge in [-0.3, -0.25) is 4.79 Å². The van der Waals surface area contributed by atoms with Crippen molar-refractivity contribution in [1.82, 2.24) is 10.2 Å². The van der Waals surface area contributed by atoms with Crippen LogP contribution in [0.3, 0.4) is 0 Å². The van der Waals surface area contributed by atoms with Crippen molar-refractivity contribution in [2.75, 3.05) is 13.1 Å². The Labute approximate surface area is 124 Å². The number of halogens is 2. The molecule has 2 unspecified atom stereocenters. The van der Waals surface area contributed by atoms with Crippen molar-refractivity contribution in [1.29, 1.82) is 0 Å². The van der Waals surface area contributed by atoms with Crippen LogP contribution < -0.4 is 5.32 Å². The molecular weight excluding hydrogens is 279 g/mol. The largest absolute Gasteiger partial charge is 0.341 e. The van der Waals surface area contributed by atoms with Crippen molar-refractivity contribution in [2.24, 2.45) is 0 Å². The van der Waals surface area contributed by atoms with Crippen LogP contribution >= 0.6 is 11.6 Å². The van der Waals surface area contributed by atoms with E-state index in [1.54, 1.807) is 12.1 Å². The lowest BCUT2D eigenvalue weighted by molar-refractivity contribution is -0.127. The fourth-order valence-electron chi connectivity index (χ4n) is 2.59. The summed E-state index contributed by atoms with van der Waals surface area (Å²) in [6.07, 6.45) is 1.62. The van der Waals surface area contributed by atoms with Gasteiger partial charge in [-0.25, -0.2) is 4.39 Å². The van der Waals surface area contributed by atoms with Crippen molar-refractivity contribution < 1.29 is 9.18 Å². The molecule has 1 fully saturated rings. The van der Waals surface area contributed by atoms with E-state index in [2.05, 4.69) is 5.32 Å². The van der Waals surface area contributed by atoms with E-state index in [-0.39, 0.29) is 23.0 Å². The minimum atomic E-state index is -0.404. The predicted molar refractivity (Wildman–Crippen MR) is 78.2 cm³/mol. The van der Waals surface area contributed by atoms with Gasteiger partial charge in [-0.15, -0.1) is 0 Å². The highest BCUT2D eigenvalue weighted by molar-refractivity contribution is 6.30. The lowest BCUT2D eigenvalue weighted by Crippen LogP contribution is -2.40. The monoisotopic (exact) mass is 298 g/mol. The van der Waals surface area contributed by atoms with Crippen LogP contribution in [0.25, 0.3) is 0 Å². The van der Waals surface area contributed by atoms with Crippen LogP contribution in [0.15, 0.2) is 18.2 Å². The highest BCUT2D eigenvalue weighted by Crippen LogP contribution is 2.21. The molecule has 2 atom stereocenters. The molecule has 1 heterocycles. The Kier molecular flexibility index (Phi) is 5.00. The van der Waals surface area contributed by atoms with Crippen molar-refractivity contribution in [3.05, 3.63) is 34.6 Å². The maximum atomic E-state index is 13.1. The molecule has 1 aromatic carbocycles. The molecule has 0 aromatic heterocycles. The van der Waals surface area contributed by atoms with Crippen LogP contribution in [0.5, 0.6) is 0 Å². The number of likely N-dealkylation sites (tertiary alicyclic amines) is 1. The van der Waals surface area contributed by atoms with Gasteiger partial charge in [0.15, 0.2) is 0 Å². The SMILES string of the molecule is CC(CN1CCCC1=O)NC(C)c1ccc(F)c(Cl)c1. The van der Waals surface area contributed by atoms with E-state index in [0.29, 0.717) is 13.0 Å². The Balaban J connectivity index is 1.91. The molecule has 2 rings (SSSR count). The minimum Gasteiger partial charge on any atom is -0.341 e. The smallest absolute Gasteiger partial charge is 0.222 e. The van der Waals surface area contributed by atoms with Gasteiger partial charge in [0.2, 0.25) is 5.91 Å². The van der Waals surface area contributed by atoms with Gasteiger partial charge >= 0.3 is 0 Å². The molecule has 5 heteroatoms. The first kappa shape index (κ1) is 15.3. The van der Waals surface area contributed by atoms with E-state index in [0.717, 1.165) is 18.5 Å². The Hall–Kier alpha value is -1.13. The summed E-state index contributed by atoms with van der Waals surface area (Å²) < 4.78 is 13.1. The third kappa shape index (κ3) is 3.70. The van der Waals surface area contributed by atoms with Crippen LogP contribution in [-0.2, 0) is 4.79 Å². The summed E-state index contributed by atoms with van der Waals surface area (Å²) in [5.74, 6) is -0.172. The Bertz CT molecular complexity index is 495. The molecular formula is C15H20ClFN2O. The second kappa shape index (κ2) is 6.55. The number of hydrogen-bond acceptors (Lipinski definition) is 2. The molecule has 0 spiro atoms. The van der Waals surface area contributed by atoms with Gasteiger partial charge in [0, 0.05) is 31.6 Å². The summed E-state index contributed by atoms with van der Waals surface area (Å²) in [5.41, 5.74) is 0.941. The zero-order valence-electron chi connectivity index (χ0n) is 11.8. The van der Waals surface area contributed by atoms with Gasteiger partial charge in [-0.2, -0.15) is 0 Å². The molecule has 3 nitrogen and oxygen atoms in total. The number of nitrogens with one attached hydrogen (secondary N) is 1. The second-order valence-electron chi connectivity index (χ2n) is 5.41. The van der Waals surface area contributed by atoms with Crippen LogP contribution in [0.2, 0.25) is 5.02 Å². The lowest BCUT2D eigenvalue weighted by Gasteiger charge is -2.25.